The summed E-state index contributed by atoms with van der Waals surface area (Å²) in [5.41, 5.74) is 4.34. The van der Waals surface area contributed by atoms with Crippen molar-refractivity contribution in [1.29, 1.82) is 0 Å². The lowest BCUT2D eigenvalue weighted by atomic mass is 10.1. The molecule has 0 radical (unpaired) electrons. The topological polar surface area (TPSA) is 6.48 Å². The lowest BCUT2D eigenvalue weighted by Gasteiger charge is -2.21. The maximum atomic E-state index is 2.56. The zero-order chi connectivity index (χ0) is 13.0. The predicted octanol–water partition coefficient (Wildman–Crippen LogP) is 4.18. The van der Waals surface area contributed by atoms with Crippen molar-refractivity contribution in [2.24, 2.45) is 0 Å². The van der Waals surface area contributed by atoms with Crippen LogP contribution in [0.3, 0.4) is 0 Å². The van der Waals surface area contributed by atoms with E-state index < -0.39 is 0 Å². The van der Waals surface area contributed by atoms with E-state index in [1.807, 2.05) is 0 Å². The first-order valence-electron chi connectivity index (χ1n) is 7.37. The fourth-order valence-electron chi connectivity index (χ4n) is 2.73. The fourth-order valence-corrected chi connectivity index (χ4v) is 2.73. The van der Waals surface area contributed by atoms with E-state index in [1.54, 1.807) is 0 Å². The van der Waals surface area contributed by atoms with Gasteiger partial charge in [-0.2, -0.15) is 0 Å². The molecule has 1 aromatic carbocycles. The van der Waals surface area contributed by atoms with Gasteiger partial charge < -0.3 is 9.80 Å². The number of hydrogen-bond acceptors (Lipinski definition) is 2. The quantitative estimate of drug-likeness (QED) is 0.743. The molecule has 100 valence electrons. The van der Waals surface area contributed by atoms with Crippen LogP contribution in [-0.4, -0.2) is 19.8 Å². The molecular formula is C16H26N2. The third-order valence-corrected chi connectivity index (χ3v) is 3.78. The van der Waals surface area contributed by atoms with Gasteiger partial charge in [0, 0.05) is 13.1 Å². The van der Waals surface area contributed by atoms with Crippen LogP contribution in [0.5, 0.6) is 0 Å². The van der Waals surface area contributed by atoms with Crippen molar-refractivity contribution >= 4 is 11.4 Å². The normalized spacial score (nSPS) is 14.2. The van der Waals surface area contributed by atoms with Gasteiger partial charge in [-0.1, -0.05) is 38.8 Å². The summed E-state index contributed by atoms with van der Waals surface area (Å²) in [5.74, 6) is 0. The summed E-state index contributed by atoms with van der Waals surface area (Å²) in [6, 6.07) is 6.71. The summed E-state index contributed by atoms with van der Waals surface area (Å²) in [4.78, 5) is 5.10. The maximum absolute atomic E-state index is 2.56. The SMILES string of the molecule is CCCCN1CN(CCCC)c2c(C)cccc21. The largest absolute Gasteiger partial charge is 0.352 e. The summed E-state index contributed by atoms with van der Waals surface area (Å²) >= 11 is 0. The van der Waals surface area contributed by atoms with Crippen LogP contribution < -0.4 is 9.80 Å². The molecule has 2 heteroatoms. The molecule has 0 atom stereocenters. The zero-order valence-corrected chi connectivity index (χ0v) is 12.1. The Kier molecular flexibility index (Phi) is 4.51. The van der Waals surface area contributed by atoms with Crippen LogP contribution in [-0.2, 0) is 0 Å². The molecule has 0 N–H and O–H groups in total. The predicted molar refractivity (Wildman–Crippen MR) is 80.6 cm³/mol. The molecule has 0 unspecified atom stereocenters. The van der Waals surface area contributed by atoms with Crippen molar-refractivity contribution in [3.05, 3.63) is 23.8 Å². The van der Waals surface area contributed by atoms with Crippen LogP contribution in [0.2, 0.25) is 0 Å². The Hall–Kier alpha value is -1.18. The third kappa shape index (κ3) is 2.63. The monoisotopic (exact) mass is 246 g/mol. The van der Waals surface area contributed by atoms with E-state index in [1.165, 1.54) is 55.7 Å². The van der Waals surface area contributed by atoms with Crippen LogP contribution in [0.25, 0.3) is 0 Å². The van der Waals surface area contributed by atoms with Crippen LogP contribution in [0.1, 0.15) is 45.1 Å². The van der Waals surface area contributed by atoms with E-state index in [-0.39, 0.29) is 0 Å². The molecule has 18 heavy (non-hydrogen) atoms. The first-order valence-corrected chi connectivity index (χ1v) is 7.37. The standard InChI is InChI=1S/C16H26N2/c1-4-6-11-17-13-18(12-7-5-2)16-14(3)9-8-10-15(16)17/h8-10H,4-7,11-13H2,1-3H3. The zero-order valence-electron chi connectivity index (χ0n) is 12.1. The van der Waals surface area contributed by atoms with E-state index in [0.29, 0.717) is 0 Å². The maximum Gasteiger partial charge on any atom is 0.0904 e. The first-order chi connectivity index (χ1) is 8.77. The van der Waals surface area contributed by atoms with Crippen molar-refractivity contribution in [2.75, 3.05) is 29.6 Å². The Morgan fingerprint density at radius 3 is 2.33 bits per heavy atom. The molecule has 1 aliphatic rings. The van der Waals surface area contributed by atoms with Crippen molar-refractivity contribution in [2.45, 2.75) is 46.5 Å². The average Bonchev–Trinajstić information content (AvgIpc) is 2.73. The number of benzene rings is 1. The number of nitrogens with zero attached hydrogens (tertiary/aromatic N) is 2. The molecule has 1 heterocycles. The fraction of sp³-hybridized carbons (Fsp3) is 0.625. The molecule has 0 bridgehead atoms. The van der Waals surface area contributed by atoms with Gasteiger partial charge in [-0.15, -0.1) is 0 Å². The highest BCUT2D eigenvalue weighted by Crippen LogP contribution is 2.38. The van der Waals surface area contributed by atoms with Gasteiger partial charge in [0.25, 0.3) is 0 Å². The number of anilines is 2. The molecule has 0 fully saturated rings. The van der Waals surface area contributed by atoms with Gasteiger partial charge in [0.2, 0.25) is 0 Å². The molecule has 0 saturated heterocycles. The third-order valence-electron chi connectivity index (χ3n) is 3.78. The second-order valence-electron chi connectivity index (χ2n) is 5.32. The highest BCUT2D eigenvalue weighted by atomic mass is 15.4. The van der Waals surface area contributed by atoms with Crippen molar-refractivity contribution in [1.82, 2.24) is 0 Å². The smallest absolute Gasteiger partial charge is 0.0904 e. The van der Waals surface area contributed by atoms with Crippen LogP contribution >= 0.6 is 0 Å². The Bertz CT molecular complexity index is 387. The number of hydrogen-bond donors (Lipinski definition) is 0. The van der Waals surface area contributed by atoms with E-state index in [9.17, 15) is 0 Å². The highest BCUT2D eigenvalue weighted by Gasteiger charge is 2.25. The molecule has 0 aliphatic carbocycles. The van der Waals surface area contributed by atoms with Gasteiger partial charge in [0.15, 0.2) is 0 Å². The second-order valence-corrected chi connectivity index (χ2v) is 5.32. The van der Waals surface area contributed by atoms with Gasteiger partial charge in [-0.3, -0.25) is 0 Å². The molecule has 2 nitrogen and oxygen atoms in total. The van der Waals surface area contributed by atoms with Gasteiger partial charge in [-0.25, -0.2) is 0 Å². The number of unbranched alkanes of at least 4 members (excludes halogenated alkanes) is 2. The average molecular weight is 246 g/mol. The number of aryl methyl sites for hydroxylation is 1. The molecule has 0 amide bonds. The minimum absolute atomic E-state index is 1.08. The van der Waals surface area contributed by atoms with E-state index in [2.05, 4.69) is 48.8 Å². The summed E-state index contributed by atoms with van der Waals surface area (Å²) in [7, 11) is 0. The summed E-state index contributed by atoms with van der Waals surface area (Å²) in [6.45, 7) is 10.2. The van der Waals surface area contributed by atoms with Crippen molar-refractivity contribution < 1.29 is 0 Å². The van der Waals surface area contributed by atoms with E-state index >= 15 is 0 Å². The van der Waals surface area contributed by atoms with E-state index in [0.717, 1.165) is 6.67 Å². The van der Waals surface area contributed by atoms with Crippen LogP contribution in [0, 0.1) is 6.92 Å². The Labute approximate surface area is 112 Å². The Morgan fingerprint density at radius 1 is 1.00 bits per heavy atom. The lowest BCUT2D eigenvalue weighted by molar-refractivity contribution is 0.686. The van der Waals surface area contributed by atoms with Gasteiger partial charge in [0.1, 0.15) is 0 Å². The molecule has 0 spiro atoms. The Balaban J connectivity index is 2.18. The number of para-hydroxylation sites is 1. The molecule has 0 aromatic heterocycles. The Morgan fingerprint density at radius 2 is 1.67 bits per heavy atom. The lowest BCUT2D eigenvalue weighted by Crippen LogP contribution is -2.32. The number of fused-ring (bicyclic) bond motifs is 1. The first kappa shape index (κ1) is 13.3. The highest BCUT2D eigenvalue weighted by molar-refractivity contribution is 5.79. The molecule has 0 saturated carbocycles. The van der Waals surface area contributed by atoms with Gasteiger partial charge in [-0.05, 0) is 31.4 Å². The summed E-state index contributed by atoms with van der Waals surface area (Å²) in [6.07, 6.45) is 5.11. The van der Waals surface area contributed by atoms with Gasteiger partial charge >= 0.3 is 0 Å². The minimum Gasteiger partial charge on any atom is -0.352 e. The second kappa shape index (κ2) is 6.12. The molecular weight excluding hydrogens is 220 g/mol. The van der Waals surface area contributed by atoms with Crippen LogP contribution in [0.15, 0.2) is 18.2 Å². The number of rotatable bonds is 6. The molecule has 1 aromatic rings. The summed E-state index contributed by atoms with van der Waals surface area (Å²) in [5, 5.41) is 0. The van der Waals surface area contributed by atoms with E-state index in [4.69, 9.17) is 0 Å². The summed E-state index contributed by atoms with van der Waals surface area (Å²) < 4.78 is 0. The van der Waals surface area contributed by atoms with Crippen molar-refractivity contribution in [3.63, 3.8) is 0 Å². The van der Waals surface area contributed by atoms with Crippen molar-refractivity contribution in [3.8, 4) is 0 Å². The van der Waals surface area contributed by atoms with Gasteiger partial charge in [0.05, 0.1) is 18.0 Å². The minimum atomic E-state index is 1.08. The molecule has 2 rings (SSSR count). The molecule has 1 aliphatic heterocycles. The van der Waals surface area contributed by atoms with Crippen LogP contribution in [0.4, 0.5) is 11.4 Å².